The molecule has 98 valence electrons. The van der Waals surface area contributed by atoms with E-state index in [1.54, 1.807) is 11.0 Å². The van der Waals surface area contributed by atoms with Crippen molar-refractivity contribution >= 4 is 5.91 Å². The van der Waals surface area contributed by atoms with Crippen LogP contribution in [-0.2, 0) is 16.0 Å². The number of halogens is 1. The molecule has 0 spiro atoms. The Morgan fingerprint density at radius 1 is 1.44 bits per heavy atom. The van der Waals surface area contributed by atoms with Gasteiger partial charge in [-0.15, -0.1) is 0 Å². The van der Waals surface area contributed by atoms with Gasteiger partial charge in [-0.1, -0.05) is 6.07 Å². The topological polar surface area (TPSA) is 38.8 Å². The Kier molecular flexibility index (Phi) is 4.15. The highest BCUT2D eigenvalue weighted by molar-refractivity contribution is 5.78. The van der Waals surface area contributed by atoms with Crippen LogP contribution in [0.3, 0.4) is 0 Å². The van der Waals surface area contributed by atoms with Gasteiger partial charge < -0.3 is 14.4 Å². The first kappa shape index (κ1) is 12.8. The predicted molar refractivity (Wildman–Crippen MR) is 64.1 cm³/mol. The molecule has 1 aliphatic rings. The molecule has 1 amide bonds. The van der Waals surface area contributed by atoms with Gasteiger partial charge in [-0.05, 0) is 17.7 Å². The van der Waals surface area contributed by atoms with E-state index in [9.17, 15) is 9.18 Å². The molecule has 1 fully saturated rings. The van der Waals surface area contributed by atoms with Crippen molar-refractivity contribution in [3.05, 3.63) is 29.6 Å². The molecule has 18 heavy (non-hydrogen) atoms. The van der Waals surface area contributed by atoms with Gasteiger partial charge in [0.15, 0.2) is 11.6 Å². The Hall–Kier alpha value is -1.62. The van der Waals surface area contributed by atoms with Gasteiger partial charge in [0.2, 0.25) is 5.91 Å². The summed E-state index contributed by atoms with van der Waals surface area (Å²) >= 11 is 0. The Bertz CT molecular complexity index is 430. The van der Waals surface area contributed by atoms with Crippen molar-refractivity contribution in [3.8, 4) is 5.75 Å². The molecule has 4 nitrogen and oxygen atoms in total. The zero-order valence-electron chi connectivity index (χ0n) is 10.3. The van der Waals surface area contributed by atoms with Crippen molar-refractivity contribution in [2.24, 2.45) is 0 Å². The van der Waals surface area contributed by atoms with E-state index in [1.807, 2.05) is 0 Å². The fraction of sp³-hybridized carbons (Fsp3) is 0.462. The first-order chi connectivity index (χ1) is 8.70. The van der Waals surface area contributed by atoms with Crippen LogP contribution in [0, 0.1) is 5.82 Å². The van der Waals surface area contributed by atoms with Gasteiger partial charge in [0.25, 0.3) is 0 Å². The SMILES string of the molecule is COc1ccc(CC(=O)N2CCOCC2)cc1F. The number of methoxy groups -OCH3 is 1. The summed E-state index contributed by atoms with van der Waals surface area (Å²) in [6, 6.07) is 4.59. The van der Waals surface area contributed by atoms with E-state index in [2.05, 4.69) is 0 Å². The van der Waals surface area contributed by atoms with E-state index in [4.69, 9.17) is 9.47 Å². The molecule has 0 unspecified atom stereocenters. The van der Waals surface area contributed by atoms with Crippen molar-refractivity contribution in [1.82, 2.24) is 4.90 Å². The number of morpholine rings is 1. The largest absolute Gasteiger partial charge is 0.494 e. The summed E-state index contributed by atoms with van der Waals surface area (Å²) < 4.78 is 23.5. The minimum atomic E-state index is -0.440. The van der Waals surface area contributed by atoms with E-state index in [1.165, 1.54) is 19.2 Å². The number of rotatable bonds is 3. The minimum Gasteiger partial charge on any atom is -0.494 e. The normalized spacial score (nSPS) is 15.6. The van der Waals surface area contributed by atoms with Crippen LogP contribution in [0.4, 0.5) is 4.39 Å². The molecule has 0 radical (unpaired) electrons. The van der Waals surface area contributed by atoms with Crippen LogP contribution in [0.2, 0.25) is 0 Å². The molecule has 1 heterocycles. The van der Waals surface area contributed by atoms with Crippen LogP contribution in [0.5, 0.6) is 5.75 Å². The smallest absolute Gasteiger partial charge is 0.227 e. The van der Waals surface area contributed by atoms with E-state index >= 15 is 0 Å². The second-order valence-electron chi connectivity index (χ2n) is 4.14. The monoisotopic (exact) mass is 253 g/mol. The molecule has 0 aliphatic carbocycles. The number of nitrogens with zero attached hydrogens (tertiary/aromatic N) is 1. The molecule has 0 atom stereocenters. The van der Waals surface area contributed by atoms with Crippen molar-refractivity contribution in [2.45, 2.75) is 6.42 Å². The molecular weight excluding hydrogens is 237 g/mol. The summed E-state index contributed by atoms with van der Waals surface area (Å²) in [6.45, 7) is 2.36. The Labute approximate surface area is 105 Å². The number of hydrogen-bond acceptors (Lipinski definition) is 3. The standard InChI is InChI=1S/C13H16FNO3/c1-17-12-3-2-10(8-11(12)14)9-13(16)15-4-6-18-7-5-15/h2-3,8H,4-7,9H2,1H3. The number of ether oxygens (including phenoxy) is 2. The molecule has 5 heteroatoms. The van der Waals surface area contributed by atoms with E-state index in [-0.39, 0.29) is 18.1 Å². The Balaban J connectivity index is 2.00. The third kappa shape index (κ3) is 2.98. The zero-order valence-corrected chi connectivity index (χ0v) is 10.3. The molecule has 0 saturated carbocycles. The highest BCUT2D eigenvalue weighted by atomic mass is 19.1. The second-order valence-corrected chi connectivity index (χ2v) is 4.14. The fourth-order valence-electron chi connectivity index (χ4n) is 1.92. The summed E-state index contributed by atoms with van der Waals surface area (Å²) in [6.07, 6.45) is 0.209. The number of benzene rings is 1. The minimum absolute atomic E-state index is 0.00265. The summed E-state index contributed by atoms with van der Waals surface area (Å²) in [4.78, 5) is 13.7. The predicted octanol–water partition coefficient (Wildman–Crippen LogP) is 1.24. The molecule has 2 rings (SSSR count). The molecule has 1 saturated heterocycles. The van der Waals surface area contributed by atoms with Gasteiger partial charge in [-0.25, -0.2) is 4.39 Å². The van der Waals surface area contributed by atoms with Gasteiger partial charge in [0.1, 0.15) is 0 Å². The van der Waals surface area contributed by atoms with Crippen molar-refractivity contribution in [2.75, 3.05) is 33.4 Å². The average Bonchev–Trinajstić information content (AvgIpc) is 2.40. The Morgan fingerprint density at radius 3 is 2.78 bits per heavy atom. The van der Waals surface area contributed by atoms with Gasteiger partial charge in [-0.2, -0.15) is 0 Å². The maximum atomic E-state index is 13.5. The van der Waals surface area contributed by atoms with Crippen LogP contribution in [0.25, 0.3) is 0 Å². The summed E-state index contributed by atoms with van der Waals surface area (Å²) in [5, 5.41) is 0. The number of hydrogen-bond donors (Lipinski definition) is 0. The number of amides is 1. The zero-order chi connectivity index (χ0) is 13.0. The van der Waals surface area contributed by atoms with Gasteiger partial charge >= 0.3 is 0 Å². The van der Waals surface area contributed by atoms with E-state index < -0.39 is 5.82 Å². The maximum Gasteiger partial charge on any atom is 0.227 e. The quantitative estimate of drug-likeness (QED) is 0.813. The van der Waals surface area contributed by atoms with Crippen LogP contribution >= 0.6 is 0 Å². The molecule has 1 aliphatic heterocycles. The van der Waals surface area contributed by atoms with Gasteiger partial charge in [0.05, 0.1) is 26.7 Å². The lowest BCUT2D eigenvalue weighted by Crippen LogP contribution is -2.41. The lowest BCUT2D eigenvalue weighted by atomic mass is 10.1. The third-order valence-electron chi connectivity index (χ3n) is 2.94. The lowest BCUT2D eigenvalue weighted by molar-refractivity contribution is -0.134. The number of carbonyl (C=O) groups is 1. The van der Waals surface area contributed by atoms with E-state index in [0.717, 1.165) is 0 Å². The first-order valence-corrected chi connectivity index (χ1v) is 5.88. The average molecular weight is 253 g/mol. The molecule has 1 aromatic rings. The van der Waals surface area contributed by atoms with Crippen LogP contribution < -0.4 is 4.74 Å². The molecule has 1 aromatic carbocycles. The maximum absolute atomic E-state index is 13.5. The second kappa shape index (κ2) is 5.82. The number of carbonyl (C=O) groups excluding carboxylic acids is 1. The van der Waals surface area contributed by atoms with Crippen molar-refractivity contribution in [1.29, 1.82) is 0 Å². The van der Waals surface area contributed by atoms with Crippen molar-refractivity contribution < 1.29 is 18.7 Å². The lowest BCUT2D eigenvalue weighted by Gasteiger charge is -2.26. The van der Waals surface area contributed by atoms with Crippen LogP contribution in [0.1, 0.15) is 5.56 Å². The first-order valence-electron chi connectivity index (χ1n) is 5.88. The van der Waals surface area contributed by atoms with Gasteiger partial charge in [0, 0.05) is 13.1 Å². The fourth-order valence-corrected chi connectivity index (χ4v) is 1.92. The van der Waals surface area contributed by atoms with Crippen LogP contribution in [0.15, 0.2) is 18.2 Å². The van der Waals surface area contributed by atoms with Crippen molar-refractivity contribution in [3.63, 3.8) is 0 Å². The highest BCUT2D eigenvalue weighted by Crippen LogP contribution is 2.18. The third-order valence-corrected chi connectivity index (χ3v) is 2.94. The Morgan fingerprint density at radius 2 is 2.17 bits per heavy atom. The molecule has 0 N–H and O–H groups in total. The summed E-state index contributed by atoms with van der Waals surface area (Å²) in [5.74, 6) is -0.245. The molecule has 0 bridgehead atoms. The molecular formula is C13H16FNO3. The summed E-state index contributed by atoms with van der Waals surface area (Å²) in [7, 11) is 1.41. The van der Waals surface area contributed by atoms with Gasteiger partial charge in [-0.3, -0.25) is 4.79 Å². The van der Waals surface area contributed by atoms with E-state index in [0.29, 0.717) is 31.9 Å². The summed E-state index contributed by atoms with van der Waals surface area (Å²) in [5.41, 5.74) is 0.657. The molecule has 0 aromatic heterocycles. The highest BCUT2D eigenvalue weighted by Gasteiger charge is 2.17. The van der Waals surface area contributed by atoms with Crippen LogP contribution in [-0.4, -0.2) is 44.2 Å².